The third-order valence-electron chi connectivity index (χ3n) is 5.68. The number of nitrogens with zero attached hydrogens (tertiary/aromatic N) is 1. The summed E-state index contributed by atoms with van der Waals surface area (Å²) in [5, 5.41) is 9.07. The fourth-order valence-corrected chi connectivity index (χ4v) is 5.31. The highest BCUT2D eigenvalue weighted by Gasteiger charge is 2.55. The normalized spacial score (nSPS) is 38.2. The smallest absolute Gasteiger partial charge is 0.323 e. The summed E-state index contributed by atoms with van der Waals surface area (Å²) in [6, 6.07) is -0.0356. The topological polar surface area (TPSA) is 57.6 Å². The molecule has 0 atom stereocenters. The minimum atomic E-state index is -0.906. The van der Waals surface area contributed by atoms with E-state index in [-0.39, 0.29) is 23.9 Å². The summed E-state index contributed by atoms with van der Waals surface area (Å²) < 4.78 is 0. The quantitative estimate of drug-likeness (QED) is 0.860. The monoisotopic (exact) mass is 279 g/mol. The van der Waals surface area contributed by atoms with Crippen molar-refractivity contribution in [1.29, 1.82) is 0 Å². The van der Waals surface area contributed by atoms with Gasteiger partial charge in [0.15, 0.2) is 0 Å². The van der Waals surface area contributed by atoms with E-state index in [1.165, 1.54) is 19.3 Å². The van der Waals surface area contributed by atoms with Crippen LogP contribution in [0.1, 0.15) is 52.4 Å². The van der Waals surface area contributed by atoms with Gasteiger partial charge in [-0.15, -0.1) is 0 Å². The van der Waals surface area contributed by atoms with Crippen LogP contribution in [-0.2, 0) is 9.59 Å². The summed E-state index contributed by atoms with van der Waals surface area (Å²) in [7, 11) is 0. The Morgan fingerprint density at radius 1 is 1.10 bits per heavy atom. The standard InChI is InChI=1S/C16H25NO3/c1-10(2)17(9-14(18)19)15(20)16-6-11-3-12(7-16)5-13(4-11)8-16/h10-13H,3-9H2,1-2H3,(H,18,19). The number of hydrogen-bond acceptors (Lipinski definition) is 2. The highest BCUT2D eigenvalue weighted by Crippen LogP contribution is 2.60. The molecule has 0 aliphatic heterocycles. The molecule has 1 N–H and O–H groups in total. The Labute approximate surface area is 120 Å². The number of rotatable bonds is 4. The van der Waals surface area contributed by atoms with Crippen molar-refractivity contribution in [2.45, 2.75) is 58.4 Å². The fourth-order valence-electron chi connectivity index (χ4n) is 5.31. The zero-order valence-electron chi connectivity index (χ0n) is 12.5. The first-order valence-corrected chi connectivity index (χ1v) is 7.92. The van der Waals surface area contributed by atoms with Crippen molar-refractivity contribution in [2.75, 3.05) is 6.54 Å². The van der Waals surface area contributed by atoms with Gasteiger partial charge >= 0.3 is 5.97 Å². The molecule has 0 radical (unpaired) electrons. The van der Waals surface area contributed by atoms with E-state index in [0.717, 1.165) is 19.3 Å². The van der Waals surface area contributed by atoms with Crippen LogP contribution in [0.3, 0.4) is 0 Å². The van der Waals surface area contributed by atoms with E-state index < -0.39 is 5.97 Å². The lowest BCUT2D eigenvalue weighted by molar-refractivity contribution is -0.163. The minimum absolute atomic E-state index is 0.0356. The maximum atomic E-state index is 13.0. The molecule has 20 heavy (non-hydrogen) atoms. The van der Waals surface area contributed by atoms with Crippen LogP contribution in [0.5, 0.6) is 0 Å². The highest BCUT2D eigenvalue weighted by molar-refractivity contribution is 5.86. The second kappa shape index (κ2) is 4.74. The number of carbonyl (C=O) groups is 2. The number of carboxylic acid groups (broad SMARTS) is 1. The molecule has 4 nitrogen and oxygen atoms in total. The number of hydrogen-bond donors (Lipinski definition) is 1. The van der Waals surface area contributed by atoms with Crippen molar-refractivity contribution >= 4 is 11.9 Å². The number of carboxylic acids is 1. The molecular weight excluding hydrogens is 254 g/mol. The molecule has 4 aliphatic rings. The molecule has 0 saturated heterocycles. The zero-order valence-corrected chi connectivity index (χ0v) is 12.5. The Morgan fingerprint density at radius 3 is 1.90 bits per heavy atom. The Morgan fingerprint density at radius 2 is 1.55 bits per heavy atom. The molecule has 0 unspecified atom stereocenters. The van der Waals surface area contributed by atoms with E-state index in [2.05, 4.69) is 0 Å². The Bertz CT molecular complexity index is 394. The molecule has 0 aromatic carbocycles. The van der Waals surface area contributed by atoms with E-state index in [1.54, 1.807) is 4.90 Å². The summed E-state index contributed by atoms with van der Waals surface area (Å²) in [5.41, 5.74) is -0.228. The minimum Gasteiger partial charge on any atom is -0.480 e. The van der Waals surface area contributed by atoms with E-state index in [4.69, 9.17) is 5.11 Å². The number of aliphatic carboxylic acids is 1. The van der Waals surface area contributed by atoms with Crippen LogP contribution in [-0.4, -0.2) is 34.5 Å². The van der Waals surface area contributed by atoms with Gasteiger partial charge in [-0.3, -0.25) is 9.59 Å². The summed E-state index contributed by atoms with van der Waals surface area (Å²) >= 11 is 0. The van der Waals surface area contributed by atoms with Crippen LogP contribution >= 0.6 is 0 Å². The van der Waals surface area contributed by atoms with Crippen molar-refractivity contribution in [3.63, 3.8) is 0 Å². The van der Waals surface area contributed by atoms with Crippen LogP contribution in [0.25, 0.3) is 0 Å². The summed E-state index contributed by atoms with van der Waals surface area (Å²) in [6.45, 7) is 3.68. The van der Waals surface area contributed by atoms with E-state index >= 15 is 0 Å². The fraction of sp³-hybridized carbons (Fsp3) is 0.875. The van der Waals surface area contributed by atoms with E-state index in [1.807, 2.05) is 13.8 Å². The van der Waals surface area contributed by atoms with Gasteiger partial charge in [0, 0.05) is 6.04 Å². The van der Waals surface area contributed by atoms with Gasteiger partial charge in [0.25, 0.3) is 0 Å². The largest absolute Gasteiger partial charge is 0.480 e. The molecule has 1 amide bonds. The van der Waals surface area contributed by atoms with Gasteiger partial charge in [0.1, 0.15) is 6.54 Å². The second-order valence-corrected chi connectivity index (χ2v) is 7.62. The molecule has 4 fully saturated rings. The van der Waals surface area contributed by atoms with Gasteiger partial charge in [0.05, 0.1) is 5.41 Å². The lowest BCUT2D eigenvalue weighted by atomic mass is 9.49. The lowest BCUT2D eigenvalue weighted by Crippen LogP contribution is -2.56. The first-order chi connectivity index (χ1) is 9.39. The second-order valence-electron chi connectivity index (χ2n) is 7.62. The maximum Gasteiger partial charge on any atom is 0.323 e. The predicted octanol–water partition coefficient (Wildman–Crippen LogP) is 2.52. The van der Waals surface area contributed by atoms with Gasteiger partial charge in [-0.2, -0.15) is 0 Å². The molecule has 4 heteroatoms. The van der Waals surface area contributed by atoms with Gasteiger partial charge in [-0.05, 0) is 70.1 Å². The van der Waals surface area contributed by atoms with Crippen molar-refractivity contribution < 1.29 is 14.7 Å². The van der Waals surface area contributed by atoms with Gasteiger partial charge in [-0.1, -0.05) is 0 Å². The third-order valence-corrected chi connectivity index (χ3v) is 5.68. The molecule has 4 rings (SSSR count). The average Bonchev–Trinajstić information content (AvgIpc) is 2.33. The van der Waals surface area contributed by atoms with Crippen LogP contribution in [0, 0.1) is 23.2 Å². The number of amides is 1. The highest BCUT2D eigenvalue weighted by atomic mass is 16.4. The zero-order chi connectivity index (χ0) is 14.5. The Kier molecular flexibility index (Phi) is 3.30. The van der Waals surface area contributed by atoms with Crippen molar-refractivity contribution in [3.8, 4) is 0 Å². The lowest BCUT2D eigenvalue weighted by Gasteiger charge is -2.56. The molecule has 112 valence electrons. The first-order valence-electron chi connectivity index (χ1n) is 7.92. The maximum absolute atomic E-state index is 13.0. The third kappa shape index (κ3) is 2.23. The summed E-state index contributed by atoms with van der Waals surface area (Å²) in [6.07, 6.45) is 6.90. The molecule has 4 bridgehead atoms. The first kappa shape index (κ1) is 13.9. The number of carbonyl (C=O) groups excluding carboxylic acids is 1. The molecule has 0 aromatic rings. The van der Waals surface area contributed by atoms with Gasteiger partial charge < -0.3 is 10.0 Å². The summed E-state index contributed by atoms with van der Waals surface area (Å²) in [5.74, 6) is 1.35. The van der Waals surface area contributed by atoms with Crippen molar-refractivity contribution in [2.24, 2.45) is 23.2 Å². The SMILES string of the molecule is CC(C)N(CC(=O)O)C(=O)C12CC3CC(CC(C3)C1)C2. The molecule has 4 saturated carbocycles. The van der Waals surface area contributed by atoms with Crippen LogP contribution in [0.15, 0.2) is 0 Å². The summed E-state index contributed by atoms with van der Waals surface area (Å²) in [4.78, 5) is 25.7. The van der Waals surface area contributed by atoms with E-state index in [9.17, 15) is 9.59 Å². The van der Waals surface area contributed by atoms with Crippen molar-refractivity contribution in [1.82, 2.24) is 4.90 Å². The molecular formula is C16H25NO3. The van der Waals surface area contributed by atoms with Gasteiger partial charge in [-0.25, -0.2) is 0 Å². The van der Waals surface area contributed by atoms with E-state index in [0.29, 0.717) is 17.8 Å². The molecule has 4 aliphatic carbocycles. The average molecular weight is 279 g/mol. The Balaban J connectivity index is 1.83. The van der Waals surface area contributed by atoms with Crippen LogP contribution in [0.4, 0.5) is 0 Å². The molecule has 0 aromatic heterocycles. The van der Waals surface area contributed by atoms with Gasteiger partial charge in [0.2, 0.25) is 5.91 Å². The Hall–Kier alpha value is -1.06. The molecule has 0 heterocycles. The van der Waals surface area contributed by atoms with Crippen LogP contribution < -0.4 is 0 Å². The predicted molar refractivity (Wildman–Crippen MR) is 75.1 cm³/mol. The van der Waals surface area contributed by atoms with Crippen LogP contribution in [0.2, 0.25) is 0 Å². The molecule has 0 spiro atoms. The van der Waals surface area contributed by atoms with Crippen molar-refractivity contribution in [3.05, 3.63) is 0 Å².